The molecule has 0 spiro atoms. The first-order chi connectivity index (χ1) is 9.60. The number of carbonyl (C=O) groups is 1. The SMILES string of the molecule is CCCn1cc(Br)cc1C(=O)N1CC2CCC(O)C2C1. The second-order valence-electron chi connectivity index (χ2n) is 6.02. The third-order valence-electron chi connectivity index (χ3n) is 4.65. The summed E-state index contributed by atoms with van der Waals surface area (Å²) in [5.41, 5.74) is 0.758. The van der Waals surface area contributed by atoms with Gasteiger partial charge in [0, 0.05) is 36.2 Å². The van der Waals surface area contributed by atoms with E-state index < -0.39 is 0 Å². The molecule has 2 aliphatic rings. The van der Waals surface area contributed by atoms with Crippen LogP contribution in [0.1, 0.15) is 36.7 Å². The molecule has 1 saturated carbocycles. The Labute approximate surface area is 127 Å². The average molecular weight is 341 g/mol. The molecule has 4 nitrogen and oxygen atoms in total. The molecule has 5 heteroatoms. The summed E-state index contributed by atoms with van der Waals surface area (Å²) in [7, 11) is 0. The Balaban J connectivity index is 1.77. The van der Waals surface area contributed by atoms with Crippen molar-refractivity contribution in [2.24, 2.45) is 11.8 Å². The van der Waals surface area contributed by atoms with E-state index in [0.717, 1.165) is 42.5 Å². The Bertz CT molecular complexity index is 514. The molecule has 1 aromatic heterocycles. The van der Waals surface area contributed by atoms with Gasteiger partial charge in [-0.3, -0.25) is 4.79 Å². The van der Waals surface area contributed by atoms with Gasteiger partial charge in [0.1, 0.15) is 5.69 Å². The maximum atomic E-state index is 12.7. The molecular weight excluding hydrogens is 320 g/mol. The van der Waals surface area contributed by atoms with Crippen molar-refractivity contribution in [1.82, 2.24) is 9.47 Å². The quantitative estimate of drug-likeness (QED) is 0.918. The van der Waals surface area contributed by atoms with Gasteiger partial charge < -0.3 is 14.6 Å². The number of aromatic nitrogens is 1. The van der Waals surface area contributed by atoms with Crippen LogP contribution in [-0.2, 0) is 6.54 Å². The van der Waals surface area contributed by atoms with E-state index in [1.807, 2.05) is 21.7 Å². The molecule has 2 fully saturated rings. The molecule has 20 heavy (non-hydrogen) atoms. The van der Waals surface area contributed by atoms with Crippen LogP contribution in [-0.4, -0.2) is 39.7 Å². The molecule has 1 N–H and O–H groups in total. The normalized spacial score (nSPS) is 28.9. The van der Waals surface area contributed by atoms with E-state index in [4.69, 9.17) is 0 Å². The van der Waals surface area contributed by atoms with E-state index >= 15 is 0 Å². The van der Waals surface area contributed by atoms with Crippen LogP contribution in [0.4, 0.5) is 0 Å². The number of likely N-dealkylation sites (tertiary alicyclic amines) is 1. The molecule has 1 aliphatic carbocycles. The van der Waals surface area contributed by atoms with Crippen LogP contribution in [0.2, 0.25) is 0 Å². The number of nitrogens with zero attached hydrogens (tertiary/aromatic N) is 2. The molecular formula is C15H21BrN2O2. The molecule has 1 saturated heterocycles. The molecule has 1 aliphatic heterocycles. The lowest BCUT2D eigenvalue weighted by Crippen LogP contribution is -2.32. The Kier molecular flexibility index (Phi) is 3.91. The maximum Gasteiger partial charge on any atom is 0.270 e. The van der Waals surface area contributed by atoms with E-state index in [2.05, 4.69) is 22.9 Å². The minimum Gasteiger partial charge on any atom is -0.393 e. The molecule has 3 rings (SSSR count). The lowest BCUT2D eigenvalue weighted by atomic mass is 10.00. The lowest BCUT2D eigenvalue weighted by Gasteiger charge is -2.19. The van der Waals surface area contributed by atoms with Gasteiger partial charge in [-0.05, 0) is 47.2 Å². The van der Waals surface area contributed by atoms with Crippen LogP contribution in [0.3, 0.4) is 0 Å². The molecule has 110 valence electrons. The van der Waals surface area contributed by atoms with Crippen LogP contribution in [0.25, 0.3) is 0 Å². The molecule has 3 unspecified atom stereocenters. The number of hydrogen-bond donors (Lipinski definition) is 1. The number of hydrogen-bond acceptors (Lipinski definition) is 2. The van der Waals surface area contributed by atoms with Crippen molar-refractivity contribution in [1.29, 1.82) is 0 Å². The van der Waals surface area contributed by atoms with Crippen molar-refractivity contribution >= 4 is 21.8 Å². The molecule has 3 atom stereocenters. The number of halogens is 1. The van der Waals surface area contributed by atoms with Crippen molar-refractivity contribution in [3.63, 3.8) is 0 Å². The van der Waals surface area contributed by atoms with Gasteiger partial charge in [-0.1, -0.05) is 6.92 Å². The fourth-order valence-corrected chi connectivity index (χ4v) is 4.11. The predicted octanol–water partition coefficient (Wildman–Crippen LogP) is 2.50. The van der Waals surface area contributed by atoms with Gasteiger partial charge in [-0.15, -0.1) is 0 Å². The van der Waals surface area contributed by atoms with E-state index in [1.54, 1.807) is 0 Å². The van der Waals surface area contributed by atoms with Gasteiger partial charge in [0.15, 0.2) is 0 Å². The van der Waals surface area contributed by atoms with E-state index in [-0.39, 0.29) is 17.9 Å². The van der Waals surface area contributed by atoms with Crippen molar-refractivity contribution in [2.75, 3.05) is 13.1 Å². The summed E-state index contributed by atoms with van der Waals surface area (Å²) in [5, 5.41) is 9.96. The predicted molar refractivity (Wildman–Crippen MR) is 80.5 cm³/mol. The largest absolute Gasteiger partial charge is 0.393 e. The Morgan fingerprint density at radius 1 is 1.45 bits per heavy atom. The highest BCUT2D eigenvalue weighted by atomic mass is 79.9. The summed E-state index contributed by atoms with van der Waals surface area (Å²) in [5.74, 6) is 0.884. The Hall–Kier alpha value is -0.810. The van der Waals surface area contributed by atoms with Gasteiger partial charge >= 0.3 is 0 Å². The van der Waals surface area contributed by atoms with Gasteiger partial charge in [0.25, 0.3) is 5.91 Å². The summed E-state index contributed by atoms with van der Waals surface area (Å²) in [6.07, 6.45) is 4.71. The minimum absolute atomic E-state index is 0.103. The van der Waals surface area contributed by atoms with Gasteiger partial charge in [-0.2, -0.15) is 0 Å². The van der Waals surface area contributed by atoms with Crippen LogP contribution in [0.15, 0.2) is 16.7 Å². The first-order valence-electron chi connectivity index (χ1n) is 7.43. The maximum absolute atomic E-state index is 12.7. The topological polar surface area (TPSA) is 45.5 Å². The number of aryl methyl sites for hydroxylation is 1. The smallest absolute Gasteiger partial charge is 0.270 e. The molecule has 1 amide bonds. The standard InChI is InChI=1S/C15H21BrN2O2/c1-2-5-17-8-11(16)6-13(17)15(20)18-7-10-3-4-14(19)12(10)9-18/h6,8,10,12,14,19H,2-5,7,9H2,1H3. The number of amides is 1. The molecule has 0 radical (unpaired) electrons. The highest BCUT2D eigenvalue weighted by molar-refractivity contribution is 9.10. The Morgan fingerprint density at radius 3 is 2.95 bits per heavy atom. The van der Waals surface area contributed by atoms with Crippen molar-refractivity contribution in [3.8, 4) is 0 Å². The molecule has 1 aromatic rings. The fraction of sp³-hybridized carbons (Fsp3) is 0.667. The second-order valence-corrected chi connectivity index (χ2v) is 6.93. The highest BCUT2D eigenvalue weighted by Gasteiger charge is 2.43. The first-order valence-corrected chi connectivity index (χ1v) is 8.22. The third kappa shape index (κ3) is 2.42. The number of fused-ring (bicyclic) bond motifs is 1. The van der Waals surface area contributed by atoms with Crippen LogP contribution < -0.4 is 0 Å². The van der Waals surface area contributed by atoms with Crippen LogP contribution in [0.5, 0.6) is 0 Å². The average Bonchev–Trinajstić information content (AvgIpc) is 3.06. The number of aliphatic hydroxyl groups excluding tert-OH is 1. The monoisotopic (exact) mass is 340 g/mol. The Morgan fingerprint density at radius 2 is 2.25 bits per heavy atom. The zero-order chi connectivity index (χ0) is 14.3. The summed E-state index contributed by atoms with van der Waals surface area (Å²) in [6.45, 7) is 4.48. The van der Waals surface area contributed by atoms with Gasteiger partial charge in [-0.25, -0.2) is 0 Å². The summed E-state index contributed by atoms with van der Waals surface area (Å²) in [6, 6.07) is 1.91. The first kappa shape index (κ1) is 14.1. The van der Waals surface area contributed by atoms with Crippen LogP contribution >= 0.6 is 15.9 Å². The molecule has 0 bridgehead atoms. The zero-order valence-electron chi connectivity index (χ0n) is 11.8. The van der Waals surface area contributed by atoms with Gasteiger partial charge in [0.05, 0.1) is 6.10 Å². The van der Waals surface area contributed by atoms with E-state index in [0.29, 0.717) is 12.5 Å². The number of carbonyl (C=O) groups excluding carboxylic acids is 1. The minimum atomic E-state index is -0.216. The summed E-state index contributed by atoms with van der Waals surface area (Å²) >= 11 is 3.46. The second kappa shape index (κ2) is 5.53. The van der Waals surface area contributed by atoms with E-state index in [1.165, 1.54) is 0 Å². The molecule has 2 heterocycles. The van der Waals surface area contributed by atoms with E-state index in [9.17, 15) is 9.90 Å². The fourth-order valence-electron chi connectivity index (χ4n) is 3.64. The number of aliphatic hydroxyl groups is 1. The molecule has 0 aromatic carbocycles. The number of rotatable bonds is 3. The van der Waals surface area contributed by atoms with Crippen molar-refractivity contribution in [2.45, 2.75) is 38.8 Å². The van der Waals surface area contributed by atoms with Crippen molar-refractivity contribution < 1.29 is 9.90 Å². The van der Waals surface area contributed by atoms with Gasteiger partial charge in [0.2, 0.25) is 0 Å². The highest BCUT2D eigenvalue weighted by Crippen LogP contribution is 2.38. The lowest BCUT2D eigenvalue weighted by molar-refractivity contribution is 0.0742. The van der Waals surface area contributed by atoms with Crippen molar-refractivity contribution in [3.05, 3.63) is 22.4 Å². The summed E-state index contributed by atoms with van der Waals surface area (Å²) < 4.78 is 2.98. The third-order valence-corrected chi connectivity index (χ3v) is 5.09. The summed E-state index contributed by atoms with van der Waals surface area (Å²) in [4.78, 5) is 14.6. The zero-order valence-corrected chi connectivity index (χ0v) is 13.3. The van der Waals surface area contributed by atoms with Crippen LogP contribution in [0, 0.1) is 11.8 Å².